The van der Waals surface area contributed by atoms with Crippen molar-refractivity contribution in [3.8, 4) is 5.75 Å². The molecule has 0 radical (unpaired) electrons. The van der Waals surface area contributed by atoms with Gasteiger partial charge in [0.15, 0.2) is 6.04 Å². The van der Waals surface area contributed by atoms with Gasteiger partial charge in [0, 0.05) is 16.2 Å². The molecule has 0 saturated carbocycles. The van der Waals surface area contributed by atoms with Gasteiger partial charge < -0.3 is 25.6 Å². The fourth-order valence-corrected chi connectivity index (χ4v) is 1.74. The van der Waals surface area contributed by atoms with Gasteiger partial charge >= 0.3 is 12.0 Å². The van der Waals surface area contributed by atoms with Crippen LogP contribution in [0.1, 0.15) is 0 Å². The van der Waals surface area contributed by atoms with Crippen molar-refractivity contribution in [1.29, 1.82) is 0 Å². The lowest BCUT2D eigenvalue weighted by molar-refractivity contribution is -0.140. The number of aliphatic hydroxyl groups is 1. The number of amides is 2. The first-order valence-electron chi connectivity index (χ1n) is 5.22. The summed E-state index contributed by atoms with van der Waals surface area (Å²) in [6.45, 7) is -0.690. The average molecular weight is 333 g/mol. The summed E-state index contributed by atoms with van der Waals surface area (Å²) in [4.78, 5) is 22.2. The molecule has 0 aliphatic heterocycles. The lowest BCUT2D eigenvalue weighted by atomic mass is 10.3. The van der Waals surface area contributed by atoms with Gasteiger partial charge in [0.05, 0.1) is 13.7 Å². The molecule has 0 fully saturated rings. The Morgan fingerprint density at radius 2 is 2.11 bits per heavy atom. The third kappa shape index (κ3) is 4.76. The summed E-state index contributed by atoms with van der Waals surface area (Å²) >= 11 is 3.25. The molecule has 7 nitrogen and oxygen atoms in total. The average Bonchev–Trinajstić information content (AvgIpc) is 2.34. The molecule has 104 valence electrons. The van der Waals surface area contributed by atoms with Gasteiger partial charge in [-0.25, -0.2) is 9.59 Å². The number of aliphatic carboxylic acids is 1. The molecule has 0 aliphatic rings. The SMILES string of the molecule is COc1cc(Br)cc(NC(=O)N[C@H](CO)C(=O)O)c1. The van der Waals surface area contributed by atoms with E-state index in [2.05, 4.69) is 26.6 Å². The normalized spacial score (nSPS) is 11.5. The van der Waals surface area contributed by atoms with E-state index in [9.17, 15) is 9.59 Å². The summed E-state index contributed by atoms with van der Waals surface area (Å²) in [7, 11) is 1.48. The quantitative estimate of drug-likeness (QED) is 0.644. The van der Waals surface area contributed by atoms with Gasteiger partial charge in [-0.3, -0.25) is 0 Å². The summed E-state index contributed by atoms with van der Waals surface area (Å²) in [6, 6.07) is 2.81. The number of halogens is 1. The minimum Gasteiger partial charge on any atom is -0.497 e. The van der Waals surface area contributed by atoms with Gasteiger partial charge in [-0.05, 0) is 12.1 Å². The zero-order valence-electron chi connectivity index (χ0n) is 10.0. The molecule has 0 aromatic heterocycles. The highest BCUT2D eigenvalue weighted by molar-refractivity contribution is 9.10. The molecule has 2 amide bonds. The van der Waals surface area contributed by atoms with Crippen LogP contribution in [0.2, 0.25) is 0 Å². The second kappa shape index (κ2) is 6.95. The van der Waals surface area contributed by atoms with Crippen LogP contribution >= 0.6 is 15.9 Å². The number of carbonyl (C=O) groups excluding carboxylic acids is 1. The maximum atomic E-state index is 11.5. The largest absolute Gasteiger partial charge is 0.497 e. The molecule has 1 rings (SSSR count). The Labute approximate surface area is 117 Å². The number of carboxylic acids is 1. The molecular formula is C11H13BrN2O5. The van der Waals surface area contributed by atoms with E-state index >= 15 is 0 Å². The van der Waals surface area contributed by atoms with E-state index in [4.69, 9.17) is 14.9 Å². The minimum atomic E-state index is -1.35. The summed E-state index contributed by atoms with van der Waals surface area (Å²) in [6.07, 6.45) is 0. The number of carbonyl (C=O) groups is 2. The van der Waals surface area contributed by atoms with Crippen molar-refractivity contribution in [1.82, 2.24) is 5.32 Å². The number of hydrogen-bond donors (Lipinski definition) is 4. The number of carboxylic acid groups (broad SMARTS) is 1. The monoisotopic (exact) mass is 332 g/mol. The zero-order valence-corrected chi connectivity index (χ0v) is 11.6. The summed E-state index contributed by atoms with van der Waals surface area (Å²) in [5.74, 6) is -0.786. The highest BCUT2D eigenvalue weighted by Crippen LogP contribution is 2.24. The molecule has 0 unspecified atom stereocenters. The molecule has 1 aromatic rings. The van der Waals surface area contributed by atoms with E-state index in [0.29, 0.717) is 15.9 Å². The van der Waals surface area contributed by atoms with Gasteiger partial charge in [0.1, 0.15) is 5.75 Å². The molecule has 0 saturated heterocycles. The number of ether oxygens (including phenoxy) is 1. The number of hydrogen-bond acceptors (Lipinski definition) is 4. The molecule has 19 heavy (non-hydrogen) atoms. The third-order valence-electron chi connectivity index (χ3n) is 2.15. The van der Waals surface area contributed by atoms with E-state index in [1.807, 2.05) is 0 Å². The third-order valence-corrected chi connectivity index (χ3v) is 2.61. The Hall–Kier alpha value is -1.80. The van der Waals surface area contributed by atoms with E-state index in [0.717, 1.165) is 0 Å². The van der Waals surface area contributed by atoms with Crippen LogP contribution in [0.3, 0.4) is 0 Å². The molecule has 0 spiro atoms. The van der Waals surface area contributed by atoms with Crippen molar-refractivity contribution in [2.75, 3.05) is 19.0 Å². The molecule has 1 aromatic carbocycles. The number of urea groups is 1. The first-order valence-corrected chi connectivity index (χ1v) is 6.01. The van der Waals surface area contributed by atoms with Gasteiger partial charge in [0.2, 0.25) is 0 Å². The number of methoxy groups -OCH3 is 1. The lowest BCUT2D eigenvalue weighted by Crippen LogP contribution is -2.45. The number of anilines is 1. The predicted octanol–water partition coefficient (Wildman–Crippen LogP) is 1.02. The van der Waals surface area contributed by atoms with E-state index in [-0.39, 0.29) is 0 Å². The summed E-state index contributed by atoms with van der Waals surface area (Å²) in [5.41, 5.74) is 0.422. The van der Waals surface area contributed by atoms with E-state index in [1.165, 1.54) is 7.11 Å². The zero-order chi connectivity index (χ0) is 14.4. The molecule has 0 bridgehead atoms. The van der Waals surface area contributed by atoms with Crippen LogP contribution in [0.4, 0.5) is 10.5 Å². The fraction of sp³-hybridized carbons (Fsp3) is 0.273. The Morgan fingerprint density at radius 3 is 2.63 bits per heavy atom. The summed E-state index contributed by atoms with van der Waals surface area (Å²) < 4.78 is 5.72. The lowest BCUT2D eigenvalue weighted by Gasteiger charge is -2.13. The highest BCUT2D eigenvalue weighted by Gasteiger charge is 2.18. The fourth-order valence-electron chi connectivity index (χ4n) is 1.26. The van der Waals surface area contributed by atoms with Crippen molar-refractivity contribution in [2.45, 2.75) is 6.04 Å². The van der Waals surface area contributed by atoms with E-state index in [1.54, 1.807) is 18.2 Å². The molecule has 1 atom stereocenters. The number of nitrogens with one attached hydrogen (secondary N) is 2. The Morgan fingerprint density at radius 1 is 1.42 bits per heavy atom. The summed E-state index contributed by atoms with van der Waals surface area (Å²) in [5, 5.41) is 22.0. The van der Waals surface area contributed by atoms with Gasteiger partial charge in [0.25, 0.3) is 0 Å². The Bertz CT molecular complexity index is 480. The van der Waals surface area contributed by atoms with Crippen LogP contribution in [0.5, 0.6) is 5.75 Å². The van der Waals surface area contributed by atoms with Crippen molar-refractivity contribution < 1.29 is 24.5 Å². The van der Waals surface area contributed by atoms with Crippen LogP contribution in [0.15, 0.2) is 22.7 Å². The number of aliphatic hydroxyl groups excluding tert-OH is 1. The molecule has 0 heterocycles. The predicted molar refractivity (Wildman–Crippen MR) is 71.4 cm³/mol. The Balaban J connectivity index is 2.71. The first kappa shape index (κ1) is 15.3. The minimum absolute atomic E-state index is 0.422. The standard InChI is InChI=1S/C11H13BrN2O5/c1-19-8-3-6(12)2-7(4-8)13-11(18)14-9(5-15)10(16)17/h2-4,9,15H,5H2,1H3,(H,16,17)(H2,13,14,18)/t9-/m1/s1. The Kier molecular flexibility index (Phi) is 5.58. The second-order valence-corrected chi connectivity index (χ2v) is 4.47. The van der Waals surface area contributed by atoms with Crippen molar-refractivity contribution in [3.63, 3.8) is 0 Å². The van der Waals surface area contributed by atoms with Gasteiger partial charge in [-0.2, -0.15) is 0 Å². The van der Waals surface area contributed by atoms with Crippen LogP contribution < -0.4 is 15.4 Å². The van der Waals surface area contributed by atoms with Crippen LogP contribution in [-0.4, -0.2) is 42.0 Å². The van der Waals surface area contributed by atoms with Crippen molar-refractivity contribution in [3.05, 3.63) is 22.7 Å². The first-order chi connectivity index (χ1) is 8.96. The smallest absolute Gasteiger partial charge is 0.328 e. The maximum Gasteiger partial charge on any atom is 0.328 e. The molecule has 4 N–H and O–H groups in total. The van der Waals surface area contributed by atoms with Crippen molar-refractivity contribution in [2.24, 2.45) is 0 Å². The van der Waals surface area contributed by atoms with E-state index < -0.39 is 24.6 Å². The maximum absolute atomic E-state index is 11.5. The molecule has 8 heteroatoms. The number of benzene rings is 1. The van der Waals surface area contributed by atoms with Gasteiger partial charge in [-0.1, -0.05) is 15.9 Å². The number of rotatable bonds is 5. The van der Waals surface area contributed by atoms with Crippen LogP contribution in [0.25, 0.3) is 0 Å². The van der Waals surface area contributed by atoms with Crippen molar-refractivity contribution >= 4 is 33.6 Å². The van der Waals surface area contributed by atoms with Crippen LogP contribution in [-0.2, 0) is 4.79 Å². The molecule has 0 aliphatic carbocycles. The topological polar surface area (TPSA) is 108 Å². The van der Waals surface area contributed by atoms with Crippen LogP contribution in [0, 0.1) is 0 Å². The highest BCUT2D eigenvalue weighted by atomic mass is 79.9. The second-order valence-electron chi connectivity index (χ2n) is 3.55. The van der Waals surface area contributed by atoms with Gasteiger partial charge in [-0.15, -0.1) is 0 Å². The molecular weight excluding hydrogens is 320 g/mol.